The predicted octanol–water partition coefficient (Wildman–Crippen LogP) is 3.47. The number of halogens is 1. The summed E-state index contributed by atoms with van der Waals surface area (Å²) in [7, 11) is 1.66. The summed E-state index contributed by atoms with van der Waals surface area (Å²) < 4.78 is 17.0. The van der Waals surface area contributed by atoms with E-state index in [9.17, 15) is 14.7 Å². The molecule has 0 spiro atoms. The number of carbonyl (C=O) groups excluding carboxylic acids is 2. The quantitative estimate of drug-likeness (QED) is 0.121. The first-order valence-corrected chi connectivity index (χ1v) is 15.2. The first kappa shape index (κ1) is 40.9. The van der Waals surface area contributed by atoms with Crippen molar-refractivity contribution < 1.29 is 34.0 Å². The van der Waals surface area contributed by atoms with E-state index >= 15 is 0 Å². The summed E-state index contributed by atoms with van der Waals surface area (Å²) in [6.45, 7) is 13.2. The average Bonchev–Trinajstić information content (AvgIpc) is 2.92. The van der Waals surface area contributed by atoms with E-state index in [1.165, 1.54) is 0 Å². The third kappa shape index (κ3) is 15.0. The molecule has 250 valence electrons. The molecule has 1 rings (SSSR count). The molecule has 0 unspecified atom stereocenters. The molecule has 2 amide bonds. The van der Waals surface area contributed by atoms with Gasteiger partial charge in [-0.2, -0.15) is 0 Å². The Balaban J connectivity index is 0.0000176. The molecular formula is C32H58ClN3O7. The molecule has 0 fully saturated rings. The van der Waals surface area contributed by atoms with Crippen molar-refractivity contribution in [2.45, 2.75) is 85.8 Å². The Morgan fingerprint density at radius 2 is 1.60 bits per heavy atom. The summed E-state index contributed by atoms with van der Waals surface area (Å²) in [5.41, 5.74) is 12.2. The van der Waals surface area contributed by atoms with Crippen molar-refractivity contribution in [3.05, 3.63) is 23.8 Å². The van der Waals surface area contributed by atoms with Crippen LogP contribution in [0.15, 0.2) is 18.2 Å². The van der Waals surface area contributed by atoms with Gasteiger partial charge in [0.25, 0.3) is 0 Å². The molecule has 0 heterocycles. The highest BCUT2D eigenvalue weighted by atomic mass is 35.5. The van der Waals surface area contributed by atoms with E-state index in [4.69, 9.17) is 30.8 Å². The van der Waals surface area contributed by atoms with E-state index in [1.54, 1.807) is 21.0 Å². The first-order chi connectivity index (χ1) is 19.7. The van der Waals surface area contributed by atoms with Crippen molar-refractivity contribution in [2.24, 2.45) is 40.6 Å². The van der Waals surface area contributed by atoms with E-state index in [0.717, 1.165) is 18.4 Å². The molecule has 0 aliphatic rings. The Morgan fingerprint density at radius 3 is 2.16 bits per heavy atom. The number of ether oxygens (including phenoxy) is 3. The molecule has 0 aliphatic heterocycles. The normalized spacial score (nSPS) is 14.5. The van der Waals surface area contributed by atoms with Gasteiger partial charge in [-0.05, 0) is 68.6 Å². The molecule has 43 heavy (non-hydrogen) atoms. The largest absolute Gasteiger partial charge is 0.490 e. The van der Waals surface area contributed by atoms with E-state index < -0.39 is 29.4 Å². The van der Waals surface area contributed by atoms with Gasteiger partial charge in [-0.1, -0.05) is 33.8 Å². The van der Waals surface area contributed by atoms with Gasteiger partial charge in [-0.25, -0.2) is 0 Å². The minimum atomic E-state index is -0.866. The smallest absolute Gasteiger partial charge is 0.224 e. The van der Waals surface area contributed by atoms with Crippen molar-refractivity contribution >= 4 is 24.2 Å². The lowest BCUT2D eigenvalue weighted by atomic mass is 9.80. The summed E-state index contributed by atoms with van der Waals surface area (Å²) >= 11 is 0. The molecule has 11 heteroatoms. The molecule has 0 radical (unpaired) electrons. The van der Waals surface area contributed by atoms with Gasteiger partial charge in [0, 0.05) is 51.7 Å². The number of carbonyl (C=O) groups is 2. The minimum absolute atomic E-state index is 0. The lowest BCUT2D eigenvalue weighted by Gasteiger charge is -2.30. The van der Waals surface area contributed by atoms with Crippen LogP contribution in [-0.4, -0.2) is 74.3 Å². The van der Waals surface area contributed by atoms with Gasteiger partial charge in [-0.15, -0.1) is 12.4 Å². The summed E-state index contributed by atoms with van der Waals surface area (Å²) in [5, 5.41) is 23.0. The van der Waals surface area contributed by atoms with Crippen LogP contribution in [0.1, 0.15) is 72.8 Å². The lowest BCUT2D eigenvalue weighted by molar-refractivity contribution is -0.130. The molecule has 0 bridgehead atoms. The fourth-order valence-corrected chi connectivity index (χ4v) is 4.59. The van der Waals surface area contributed by atoms with E-state index in [-0.39, 0.29) is 49.7 Å². The van der Waals surface area contributed by atoms with Crippen LogP contribution in [0.25, 0.3) is 0 Å². The van der Waals surface area contributed by atoms with Crippen LogP contribution in [-0.2, 0) is 20.7 Å². The molecule has 0 aliphatic carbocycles. The molecule has 0 saturated heterocycles. The molecular weight excluding hydrogens is 574 g/mol. The Kier molecular flexibility index (Phi) is 19.8. The number of hydrogen-bond donors (Lipinski definition) is 5. The number of rotatable bonds is 22. The Bertz CT molecular complexity index is 946. The lowest BCUT2D eigenvalue weighted by Crippen LogP contribution is -2.46. The van der Waals surface area contributed by atoms with Crippen LogP contribution >= 0.6 is 12.4 Å². The SMILES string of the molecule is COCCCOc1cc(C[C@@H](C[C@H](N)[C@@H](O)C[C@H](C(=O)NCC(C)(C)C(N)=O)C(C)C)C(C)C)ccc1OCCCO.Cl. The zero-order chi connectivity index (χ0) is 31.9. The minimum Gasteiger partial charge on any atom is -0.490 e. The number of nitrogens with one attached hydrogen (secondary N) is 1. The highest BCUT2D eigenvalue weighted by Crippen LogP contribution is 2.32. The van der Waals surface area contributed by atoms with Crippen LogP contribution in [0.2, 0.25) is 0 Å². The van der Waals surface area contributed by atoms with Gasteiger partial charge in [0.05, 0.1) is 24.7 Å². The maximum atomic E-state index is 13.0. The van der Waals surface area contributed by atoms with Crippen molar-refractivity contribution in [2.75, 3.05) is 40.1 Å². The second-order valence-electron chi connectivity index (χ2n) is 12.6. The Hall–Kier alpha value is -2.11. The number of aliphatic hydroxyl groups excluding tert-OH is 2. The number of methoxy groups -OCH3 is 1. The molecule has 4 atom stereocenters. The van der Waals surface area contributed by atoms with Crippen LogP contribution < -0.4 is 26.3 Å². The highest BCUT2D eigenvalue weighted by Gasteiger charge is 2.32. The number of aliphatic hydroxyl groups is 2. The standard InChI is InChI=1S/C32H57N3O7.ClH/c1-21(2)24(16-23-10-11-28(41-14-8-12-36)29(17-23)42-15-9-13-40-7)18-26(33)27(37)19-25(22(3)4)30(38)35-20-32(5,6)31(34)39;/h10-11,17,21-22,24-27,36-37H,8-9,12-16,18-20,33H2,1-7H3,(H2,34,39)(H,35,38);1H/t24-,25-,26-,27-;/m0./s1. The van der Waals surface area contributed by atoms with Crippen molar-refractivity contribution in [3.63, 3.8) is 0 Å². The Morgan fingerprint density at radius 1 is 0.977 bits per heavy atom. The third-order valence-electron chi connectivity index (χ3n) is 7.84. The maximum Gasteiger partial charge on any atom is 0.224 e. The fraction of sp³-hybridized carbons (Fsp3) is 0.750. The molecule has 7 N–H and O–H groups in total. The zero-order valence-electron chi connectivity index (χ0n) is 27.3. The zero-order valence-corrected chi connectivity index (χ0v) is 28.1. The molecule has 1 aromatic carbocycles. The van der Waals surface area contributed by atoms with Gasteiger partial charge >= 0.3 is 0 Å². The number of nitrogens with two attached hydrogens (primary N) is 2. The van der Waals surface area contributed by atoms with Gasteiger partial charge in [0.1, 0.15) is 0 Å². The summed E-state index contributed by atoms with van der Waals surface area (Å²) in [4.78, 5) is 24.6. The molecule has 10 nitrogen and oxygen atoms in total. The van der Waals surface area contributed by atoms with Crippen molar-refractivity contribution in [1.29, 1.82) is 0 Å². The van der Waals surface area contributed by atoms with Crippen molar-refractivity contribution in [3.8, 4) is 11.5 Å². The Labute approximate surface area is 265 Å². The highest BCUT2D eigenvalue weighted by molar-refractivity contribution is 5.85. The van der Waals surface area contributed by atoms with E-state index in [0.29, 0.717) is 50.1 Å². The summed E-state index contributed by atoms with van der Waals surface area (Å²) in [6.07, 6.45) is 1.96. The maximum absolute atomic E-state index is 13.0. The number of benzene rings is 1. The van der Waals surface area contributed by atoms with Crippen LogP contribution in [0.4, 0.5) is 0 Å². The van der Waals surface area contributed by atoms with E-state index in [2.05, 4.69) is 19.2 Å². The molecule has 0 aromatic heterocycles. The second kappa shape index (κ2) is 20.8. The number of hydrogen-bond acceptors (Lipinski definition) is 8. The predicted molar refractivity (Wildman–Crippen MR) is 172 cm³/mol. The number of amides is 2. The van der Waals surface area contributed by atoms with Crippen LogP contribution in [0, 0.1) is 29.1 Å². The summed E-state index contributed by atoms with van der Waals surface area (Å²) in [6, 6.07) is 5.39. The van der Waals surface area contributed by atoms with Gasteiger partial charge < -0.3 is 41.2 Å². The summed E-state index contributed by atoms with van der Waals surface area (Å²) in [5.74, 6) is 0.585. The van der Waals surface area contributed by atoms with E-state index in [1.807, 2.05) is 32.0 Å². The first-order valence-electron chi connectivity index (χ1n) is 15.2. The second-order valence-corrected chi connectivity index (χ2v) is 12.6. The molecule has 1 aromatic rings. The fourth-order valence-electron chi connectivity index (χ4n) is 4.59. The van der Waals surface area contributed by atoms with Crippen LogP contribution in [0.5, 0.6) is 11.5 Å². The average molecular weight is 632 g/mol. The topological polar surface area (TPSA) is 166 Å². The van der Waals surface area contributed by atoms with Gasteiger partial charge in [0.15, 0.2) is 11.5 Å². The van der Waals surface area contributed by atoms with Gasteiger partial charge in [0.2, 0.25) is 11.8 Å². The monoisotopic (exact) mass is 631 g/mol. The van der Waals surface area contributed by atoms with Gasteiger partial charge in [-0.3, -0.25) is 9.59 Å². The van der Waals surface area contributed by atoms with Crippen LogP contribution in [0.3, 0.4) is 0 Å². The van der Waals surface area contributed by atoms with Crippen molar-refractivity contribution in [1.82, 2.24) is 5.32 Å². The molecule has 0 saturated carbocycles. The third-order valence-corrected chi connectivity index (χ3v) is 7.84. The number of primary amides is 1.